The summed E-state index contributed by atoms with van der Waals surface area (Å²) in [4.78, 5) is 4.16. The molecule has 0 spiro atoms. The van der Waals surface area contributed by atoms with Crippen LogP contribution in [0.2, 0.25) is 0 Å². The van der Waals surface area contributed by atoms with Crippen molar-refractivity contribution in [2.24, 2.45) is 10.7 Å². The first-order chi connectivity index (χ1) is 8.55. The third-order valence-electron chi connectivity index (χ3n) is 1.82. The molecule has 3 N–H and O–H groups in total. The van der Waals surface area contributed by atoms with Crippen LogP contribution in [0, 0.1) is 0 Å². The smallest absolute Gasteiger partial charge is 0.406 e. The third-order valence-corrected chi connectivity index (χ3v) is 1.82. The molecule has 0 saturated heterocycles. The van der Waals surface area contributed by atoms with Crippen molar-refractivity contribution in [3.8, 4) is 5.75 Å². The number of rotatable bonds is 2. The molecule has 1 aromatic rings. The van der Waals surface area contributed by atoms with Crippen LogP contribution >= 0.6 is 0 Å². The second kappa shape index (κ2) is 5.38. The highest BCUT2D eigenvalue weighted by Gasteiger charge is 2.30. The van der Waals surface area contributed by atoms with Crippen molar-refractivity contribution in [2.45, 2.75) is 32.7 Å². The van der Waals surface area contributed by atoms with E-state index in [9.17, 15) is 13.2 Å². The van der Waals surface area contributed by atoms with E-state index in [-0.39, 0.29) is 17.2 Å². The molecule has 0 heterocycles. The van der Waals surface area contributed by atoms with Gasteiger partial charge in [0.1, 0.15) is 5.75 Å². The molecule has 0 aromatic heterocycles. The minimum atomic E-state index is -4.69. The summed E-state index contributed by atoms with van der Waals surface area (Å²) < 4.78 is 39.6. The van der Waals surface area contributed by atoms with Gasteiger partial charge in [-0.3, -0.25) is 0 Å². The van der Waals surface area contributed by atoms with Crippen molar-refractivity contribution in [1.82, 2.24) is 0 Å². The van der Waals surface area contributed by atoms with Crippen LogP contribution in [0.4, 0.5) is 18.9 Å². The predicted molar refractivity (Wildman–Crippen MR) is 68.1 cm³/mol. The average molecular weight is 275 g/mol. The number of benzene rings is 1. The molecule has 0 saturated carbocycles. The second-order valence-corrected chi connectivity index (χ2v) is 4.87. The zero-order valence-corrected chi connectivity index (χ0v) is 10.9. The number of hydrogen-bond donors (Lipinski definition) is 2. The summed E-state index contributed by atoms with van der Waals surface area (Å²) in [6, 6.07) is 5.23. The van der Waals surface area contributed by atoms with Crippen LogP contribution in [-0.2, 0) is 0 Å². The lowest BCUT2D eigenvalue weighted by Gasteiger charge is -2.15. The minimum absolute atomic E-state index is 0.192. The van der Waals surface area contributed by atoms with Crippen molar-refractivity contribution >= 4 is 11.6 Å². The number of alkyl halides is 3. The van der Waals surface area contributed by atoms with E-state index >= 15 is 0 Å². The van der Waals surface area contributed by atoms with Gasteiger partial charge < -0.3 is 15.8 Å². The predicted octanol–water partition coefficient (Wildman–Crippen LogP) is 3.11. The summed E-state index contributed by atoms with van der Waals surface area (Å²) in [6.45, 7) is 5.63. The van der Waals surface area contributed by atoms with Crippen LogP contribution in [0.5, 0.6) is 5.75 Å². The van der Waals surface area contributed by atoms with E-state index in [2.05, 4.69) is 15.0 Å². The summed E-state index contributed by atoms with van der Waals surface area (Å²) in [5.74, 6) is -0.0960. The third kappa shape index (κ3) is 6.54. The van der Waals surface area contributed by atoms with Crippen molar-refractivity contribution < 1.29 is 17.9 Å². The van der Waals surface area contributed by atoms with Crippen LogP contribution in [0.25, 0.3) is 0 Å². The zero-order valence-electron chi connectivity index (χ0n) is 10.9. The number of anilines is 1. The summed E-state index contributed by atoms with van der Waals surface area (Å²) >= 11 is 0. The average Bonchev–Trinajstić information content (AvgIpc) is 2.15. The lowest BCUT2D eigenvalue weighted by Crippen LogP contribution is -2.27. The molecule has 0 aliphatic carbocycles. The fourth-order valence-electron chi connectivity index (χ4n) is 1.28. The first kappa shape index (κ1) is 15.1. The van der Waals surface area contributed by atoms with Gasteiger partial charge in [-0.1, -0.05) is 0 Å². The van der Waals surface area contributed by atoms with Crippen LogP contribution in [0.15, 0.2) is 29.3 Å². The quantitative estimate of drug-likeness (QED) is 0.644. The van der Waals surface area contributed by atoms with Gasteiger partial charge in [-0.05, 0) is 45.0 Å². The Bertz CT molecular complexity index is 447. The molecule has 7 heteroatoms. The number of ether oxygens (including phenoxy) is 1. The van der Waals surface area contributed by atoms with Gasteiger partial charge in [0.15, 0.2) is 5.96 Å². The number of aliphatic imine (C=N–C) groups is 1. The Balaban J connectivity index is 2.70. The van der Waals surface area contributed by atoms with Gasteiger partial charge in [-0.25, -0.2) is 4.99 Å². The van der Waals surface area contributed by atoms with Crippen LogP contribution in [0.1, 0.15) is 20.8 Å². The van der Waals surface area contributed by atoms with E-state index in [4.69, 9.17) is 5.73 Å². The summed E-state index contributed by atoms with van der Waals surface area (Å²) in [7, 11) is 0. The Hall–Kier alpha value is -1.92. The van der Waals surface area contributed by atoms with Crippen molar-refractivity contribution in [1.29, 1.82) is 0 Å². The highest BCUT2D eigenvalue weighted by Crippen LogP contribution is 2.23. The molecule has 0 aliphatic rings. The Morgan fingerprint density at radius 3 is 2.11 bits per heavy atom. The van der Waals surface area contributed by atoms with E-state index in [0.29, 0.717) is 5.69 Å². The maximum atomic E-state index is 12.0. The molecule has 0 unspecified atom stereocenters. The van der Waals surface area contributed by atoms with Crippen molar-refractivity contribution in [3.63, 3.8) is 0 Å². The molecule has 0 fully saturated rings. The van der Waals surface area contributed by atoms with E-state index in [1.165, 1.54) is 24.3 Å². The molecule has 0 amide bonds. The molecular weight excluding hydrogens is 259 g/mol. The molecule has 19 heavy (non-hydrogen) atoms. The standard InChI is InChI=1S/C12H16F3N3O/c1-11(2,3)18-10(16)17-8-4-6-9(7-5-8)19-12(13,14)15/h4-7H,1-3H3,(H3,16,17,18). The fourth-order valence-corrected chi connectivity index (χ4v) is 1.28. The molecule has 0 bridgehead atoms. The maximum absolute atomic E-state index is 12.0. The van der Waals surface area contributed by atoms with Crippen LogP contribution < -0.4 is 15.8 Å². The topological polar surface area (TPSA) is 59.6 Å². The highest BCUT2D eigenvalue weighted by atomic mass is 19.4. The molecule has 0 aliphatic heterocycles. The number of nitrogens with zero attached hydrogens (tertiary/aromatic N) is 1. The second-order valence-electron chi connectivity index (χ2n) is 4.87. The SMILES string of the molecule is CC(C)(C)N=C(N)Nc1ccc(OC(F)(F)F)cc1. The highest BCUT2D eigenvalue weighted by molar-refractivity contribution is 5.92. The summed E-state index contributed by atoms with van der Waals surface area (Å²) in [5, 5.41) is 2.78. The number of guanidine groups is 1. The first-order valence-corrected chi connectivity index (χ1v) is 5.53. The van der Waals surface area contributed by atoms with Gasteiger partial charge in [-0.2, -0.15) is 0 Å². The largest absolute Gasteiger partial charge is 0.573 e. The summed E-state index contributed by atoms with van der Waals surface area (Å²) in [5.41, 5.74) is 5.85. The number of nitrogens with one attached hydrogen (secondary N) is 1. The number of halogens is 3. The van der Waals surface area contributed by atoms with Gasteiger partial charge in [0.05, 0.1) is 5.54 Å². The van der Waals surface area contributed by atoms with Gasteiger partial charge in [0, 0.05) is 5.69 Å². The van der Waals surface area contributed by atoms with E-state index in [1.807, 2.05) is 20.8 Å². The lowest BCUT2D eigenvalue weighted by atomic mass is 10.1. The Labute approximate surface area is 109 Å². The molecule has 0 radical (unpaired) electrons. The van der Waals surface area contributed by atoms with E-state index < -0.39 is 6.36 Å². The van der Waals surface area contributed by atoms with E-state index in [0.717, 1.165) is 0 Å². The maximum Gasteiger partial charge on any atom is 0.573 e. The number of hydrogen-bond acceptors (Lipinski definition) is 2. The molecule has 106 valence electrons. The molecule has 0 atom stereocenters. The Morgan fingerprint density at radius 2 is 1.68 bits per heavy atom. The Kier molecular flexibility index (Phi) is 4.28. The van der Waals surface area contributed by atoms with Crippen LogP contribution in [0.3, 0.4) is 0 Å². The number of nitrogens with two attached hydrogens (primary N) is 1. The minimum Gasteiger partial charge on any atom is -0.406 e. The van der Waals surface area contributed by atoms with Crippen LogP contribution in [-0.4, -0.2) is 17.9 Å². The fraction of sp³-hybridized carbons (Fsp3) is 0.417. The lowest BCUT2D eigenvalue weighted by molar-refractivity contribution is -0.274. The van der Waals surface area contributed by atoms with Gasteiger partial charge >= 0.3 is 6.36 Å². The molecule has 1 rings (SSSR count). The summed E-state index contributed by atoms with van der Waals surface area (Å²) in [6.07, 6.45) is -4.69. The van der Waals surface area contributed by atoms with Crippen molar-refractivity contribution in [2.75, 3.05) is 5.32 Å². The first-order valence-electron chi connectivity index (χ1n) is 5.53. The van der Waals surface area contributed by atoms with Gasteiger partial charge in [0.2, 0.25) is 0 Å². The van der Waals surface area contributed by atoms with Gasteiger partial charge in [0.25, 0.3) is 0 Å². The molecular formula is C12H16F3N3O. The van der Waals surface area contributed by atoms with Gasteiger partial charge in [-0.15, -0.1) is 13.2 Å². The molecule has 1 aromatic carbocycles. The van der Waals surface area contributed by atoms with Crippen molar-refractivity contribution in [3.05, 3.63) is 24.3 Å². The molecule has 4 nitrogen and oxygen atoms in total. The monoisotopic (exact) mass is 275 g/mol. The zero-order chi connectivity index (χ0) is 14.7. The van der Waals surface area contributed by atoms with E-state index in [1.54, 1.807) is 0 Å². The Morgan fingerprint density at radius 1 is 1.16 bits per heavy atom. The normalized spacial score (nSPS) is 13.3.